The van der Waals surface area contributed by atoms with Crippen LogP contribution in [0.1, 0.15) is 30.0 Å². The molecule has 1 atom stereocenters. The molecule has 88 valence electrons. The Balaban J connectivity index is 2.84. The van der Waals surface area contributed by atoms with Crippen molar-refractivity contribution < 1.29 is 15.0 Å². The van der Waals surface area contributed by atoms with Crippen LogP contribution in [0.25, 0.3) is 0 Å². The maximum Gasteiger partial charge on any atom is 0.303 e. The Morgan fingerprint density at radius 2 is 2.19 bits per heavy atom. The molecule has 0 aliphatic heterocycles. The van der Waals surface area contributed by atoms with Crippen molar-refractivity contribution in [2.75, 3.05) is 0 Å². The Morgan fingerprint density at radius 3 is 2.69 bits per heavy atom. The molecule has 0 amide bonds. The monoisotopic (exact) mass is 287 g/mol. The van der Waals surface area contributed by atoms with Crippen LogP contribution in [0.2, 0.25) is 0 Å². The third-order valence-corrected chi connectivity index (χ3v) is 3.39. The number of halogens is 1. The lowest BCUT2D eigenvalue weighted by atomic mass is 10.0. The summed E-state index contributed by atoms with van der Waals surface area (Å²) in [5.41, 5.74) is 7.47. The minimum absolute atomic E-state index is 0.0248. The first-order valence-corrected chi connectivity index (χ1v) is 5.67. The molecule has 1 unspecified atom stereocenters. The number of phenolic OH excluding ortho intramolecular Hbond substituents is 1. The summed E-state index contributed by atoms with van der Waals surface area (Å²) in [6.45, 7) is 1.84. The SMILES string of the molecule is Cc1cc(C(N)CCC(=O)O)cc(O)c1Br. The highest BCUT2D eigenvalue weighted by Gasteiger charge is 2.12. The van der Waals surface area contributed by atoms with Gasteiger partial charge in [0.15, 0.2) is 0 Å². The van der Waals surface area contributed by atoms with E-state index in [0.29, 0.717) is 10.9 Å². The fraction of sp³-hybridized carbons (Fsp3) is 0.364. The highest BCUT2D eigenvalue weighted by atomic mass is 79.9. The first kappa shape index (κ1) is 13.0. The largest absolute Gasteiger partial charge is 0.507 e. The number of phenols is 1. The summed E-state index contributed by atoms with van der Waals surface area (Å²) in [5, 5.41) is 18.1. The van der Waals surface area contributed by atoms with Crippen LogP contribution in [0, 0.1) is 6.92 Å². The minimum atomic E-state index is -0.867. The summed E-state index contributed by atoms with van der Waals surface area (Å²) in [6.07, 6.45) is 0.382. The number of carboxylic acid groups (broad SMARTS) is 1. The van der Waals surface area contributed by atoms with Gasteiger partial charge in [0.05, 0.1) is 4.47 Å². The van der Waals surface area contributed by atoms with Crippen LogP contribution in [-0.2, 0) is 4.79 Å². The van der Waals surface area contributed by atoms with E-state index in [9.17, 15) is 9.90 Å². The zero-order chi connectivity index (χ0) is 12.3. The average molecular weight is 288 g/mol. The fourth-order valence-electron chi connectivity index (χ4n) is 1.44. The number of aromatic hydroxyl groups is 1. The molecule has 0 saturated carbocycles. The number of carbonyl (C=O) groups is 1. The highest BCUT2D eigenvalue weighted by molar-refractivity contribution is 9.10. The van der Waals surface area contributed by atoms with Gasteiger partial charge in [-0.2, -0.15) is 0 Å². The number of benzene rings is 1. The normalized spacial score (nSPS) is 12.4. The lowest BCUT2D eigenvalue weighted by Gasteiger charge is -2.13. The van der Waals surface area contributed by atoms with Gasteiger partial charge >= 0.3 is 5.97 Å². The first-order chi connectivity index (χ1) is 7.41. The highest BCUT2D eigenvalue weighted by Crippen LogP contribution is 2.31. The van der Waals surface area contributed by atoms with Crippen LogP contribution in [0.3, 0.4) is 0 Å². The number of hydrogen-bond donors (Lipinski definition) is 3. The summed E-state index contributed by atoms with van der Waals surface area (Å²) in [5.74, 6) is -0.741. The predicted octanol–water partition coefficient (Wildman–Crippen LogP) is 2.33. The van der Waals surface area contributed by atoms with Crippen molar-refractivity contribution in [2.45, 2.75) is 25.8 Å². The molecular weight excluding hydrogens is 274 g/mol. The molecule has 0 saturated heterocycles. The zero-order valence-corrected chi connectivity index (χ0v) is 10.5. The number of aliphatic carboxylic acids is 1. The smallest absolute Gasteiger partial charge is 0.303 e. The van der Waals surface area contributed by atoms with E-state index in [1.165, 1.54) is 0 Å². The van der Waals surface area contributed by atoms with Gasteiger partial charge in [-0.3, -0.25) is 4.79 Å². The predicted molar refractivity (Wildman–Crippen MR) is 64.3 cm³/mol. The van der Waals surface area contributed by atoms with E-state index in [0.717, 1.165) is 11.1 Å². The van der Waals surface area contributed by atoms with Crippen LogP contribution in [0.15, 0.2) is 16.6 Å². The maximum absolute atomic E-state index is 10.4. The van der Waals surface area contributed by atoms with E-state index < -0.39 is 5.97 Å². The summed E-state index contributed by atoms with van der Waals surface area (Å²) in [4.78, 5) is 10.4. The van der Waals surface area contributed by atoms with Crippen molar-refractivity contribution in [3.63, 3.8) is 0 Å². The van der Waals surface area contributed by atoms with E-state index in [1.54, 1.807) is 6.07 Å². The Bertz CT molecular complexity index is 383. The third-order valence-electron chi connectivity index (χ3n) is 2.36. The van der Waals surface area contributed by atoms with Crippen LogP contribution in [-0.4, -0.2) is 16.2 Å². The number of hydrogen-bond acceptors (Lipinski definition) is 3. The second-order valence-corrected chi connectivity index (χ2v) is 4.50. The van der Waals surface area contributed by atoms with E-state index in [-0.39, 0.29) is 18.2 Å². The van der Waals surface area contributed by atoms with Gasteiger partial charge in [-0.15, -0.1) is 0 Å². The Kier molecular flexibility index (Phi) is 4.32. The molecule has 0 bridgehead atoms. The summed E-state index contributed by atoms with van der Waals surface area (Å²) in [6, 6.07) is 3.04. The lowest BCUT2D eigenvalue weighted by Crippen LogP contribution is -2.12. The van der Waals surface area contributed by atoms with Gasteiger partial charge in [-0.1, -0.05) is 6.07 Å². The fourth-order valence-corrected chi connectivity index (χ4v) is 1.67. The van der Waals surface area contributed by atoms with Gasteiger partial charge < -0.3 is 15.9 Å². The Morgan fingerprint density at radius 1 is 1.56 bits per heavy atom. The Labute approximate surface area is 102 Å². The second-order valence-electron chi connectivity index (χ2n) is 3.71. The molecule has 1 aromatic rings. The molecule has 5 heteroatoms. The molecule has 1 aromatic carbocycles. The molecule has 4 N–H and O–H groups in total. The standard InChI is InChI=1S/C11H14BrNO3/c1-6-4-7(5-9(14)11(6)12)8(13)2-3-10(15)16/h4-5,8,14H,2-3,13H2,1H3,(H,15,16). The molecule has 0 aliphatic rings. The van der Waals surface area contributed by atoms with E-state index >= 15 is 0 Å². The van der Waals surface area contributed by atoms with Crippen molar-refractivity contribution in [2.24, 2.45) is 5.73 Å². The van der Waals surface area contributed by atoms with Crippen molar-refractivity contribution in [1.82, 2.24) is 0 Å². The topological polar surface area (TPSA) is 83.6 Å². The van der Waals surface area contributed by atoms with Gasteiger partial charge in [-0.25, -0.2) is 0 Å². The maximum atomic E-state index is 10.4. The van der Waals surface area contributed by atoms with Gasteiger partial charge in [-0.05, 0) is 46.5 Å². The van der Waals surface area contributed by atoms with Crippen molar-refractivity contribution in [3.8, 4) is 5.75 Å². The molecule has 0 fully saturated rings. The van der Waals surface area contributed by atoms with Gasteiger partial charge in [0.25, 0.3) is 0 Å². The molecule has 16 heavy (non-hydrogen) atoms. The molecule has 1 rings (SSSR count). The molecule has 0 aliphatic carbocycles. The van der Waals surface area contributed by atoms with Crippen LogP contribution >= 0.6 is 15.9 Å². The molecule has 0 aromatic heterocycles. The molecule has 0 spiro atoms. The van der Waals surface area contributed by atoms with Crippen LogP contribution < -0.4 is 5.73 Å². The van der Waals surface area contributed by atoms with E-state index in [4.69, 9.17) is 10.8 Å². The van der Waals surface area contributed by atoms with Gasteiger partial charge in [0.2, 0.25) is 0 Å². The number of nitrogens with two attached hydrogens (primary N) is 1. The average Bonchev–Trinajstić information content (AvgIpc) is 2.21. The summed E-state index contributed by atoms with van der Waals surface area (Å²) in [7, 11) is 0. The minimum Gasteiger partial charge on any atom is -0.507 e. The van der Waals surface area contributed by atoms with Gasteiger partial charge in [0, 0.05) is 12.5 Å². The number of rotatable bonds is 4. The van der Waals surface area contributed by atoms with Crippen molar-refractivity contribution in [1.29, 1.82) is 0 Å². The lowest BCUT2D eigenvalue weighted by molar-refractivity contribution is -0.137. The van der Waals surface area contributed by atoms with Crippen molar-refractivity contribution >= 4 is 21.9 Å². The quantitative estimate of drug-likeness (QED) is 0.794. The summed E-state index contributed by atoms with van der Waals surface area (Å²) >= 11 is 3.24. The summed E-state index contributed by atoms with van der Waals surface area (Å²) < 4.78 is 0.640. The molecule has 4 nitrogen and oxygen atoms in total. The molecule has 0 radical (unpaired) electrons. The first-order valence-electron chi connectivity index (χ1n) is 4.88. The number of carboxylic acids is 1. The molecule has 0 heterocycles. The molecular formula is C11H14BrNO3. The van der Waals surface area contributed by atoms with Crippen LogP contribution in [0.4, 0.5) is 0 Å². The van der Waals surface area contributed by atoms with Gasteiger partial charge in [0.1, 0.15) is 5.75 Å². The van der Waals surface area contributed by atoms with Crippen LogP contribution in [0.5, 0.6) is 5.75 Å². The number of aryl methyl sites for hydroxylation is 1. The Hall–Kier alpha value is -1.07. The van der Waals surface area contributed by atoms with E-state index in [2.05, 4.69) is 15.9 Å². The van der Waals surface area contributed by atoms with Crippen molar-refractivity contribution in [3.05, 3.63) is 27.7 Å². The van der Waals surface area contributed by atoms with E-state index in [1.807, 2.05) is 13.0 Å². The third kappa shape index (κ3) is 3.21. The zero-order valence-electron chi connectivity index (χ0n) is 8.90. The second kappa shape index (κ2) is 5.32.